The van der Waals surface area contributed by atoms with Crippen molar-refractivity contribution in [3.05, 3.63) is 65.5 Å². The summed E-state index contributed by atoms with van der Waals surface area (Å²) in [6.45, 7) is 6.11. The van der Waals surface area contributed by atoms with Crippen LogP contribution < -0.4 is 4.90 Å². The summed E-state index contributed by atoms with van der Waals surface area (Å²) in [4.78, 5) is 15.9. The lowest BCUT2D eigenvalue weighted by Gasteiger charge is -2.17. The molecule has 0 atom stereocenters. The number of anilines is 1. The highest BCUT2D eigenvalue weighted by Crippen LogP contribution is 2.20. The standard InChI is InChI=1S/C21H21N5/c1-16-14-18(10-11-22-16)8-9-19-15-26(17(2)23-19)21-7-5-6-20(24-21)25-12-3-4-13-25/h5-7,10-11,14-15H,3-4,12-13H2,1-2H3. The molecule has 4 heterocycles. The molecule has 0 aromatic carbocycles. The third-order valence-electron chi connectivity index (χ3n) is 4.51. The number of hydrogen-bond acceptors (Lipinski definition) is 4. The molecule has 1 fully saturated rings. The first-order valence-corrected chi connectivity index (χ1v) is 8.92. The maximum atomic E-state index is 4.82. The smallest absolute Gasteiger partial charge is 0.140 e. The maximum Gasteiger partial charge on any atom is 0.140 e. The van der Waals surface area contributed by atoms with Gasteiger partial charge in [0, 0.05) is 36.7 Å². The second-order valence-electron chi connectivity index (χ2n) is 6.53. The highest BCUT2D eigenvalue weighted by atomic mass is 15.2. The number of rotatable bonds is 2. The van der Waals surface area contributed by atoms with Crippen LogP contribution in [0.15, 0.2) is 42.7 Å². The Morgan fingerprint density at radius 1 is 0.962 bits per heavy atom. The molecular weight excluding hydrogens is 322 g/mol. The van der Waals surface area contributed by atoms with E-state index >= 15 is 0 Å². The number of pyridine rings is 2. The Labute approximate surface area is 153 Å². The minimum atomic E-state index is 0.741. The predicted molar refractivity (Wildman–Crippen MR) is 102 cm³/mol. The highest BCUT2D eigenvalue weighted by molar-refractivity contribution is 5.45. The van der Waals surface area contributed by atoms with Crippen LogP contribution in [0.4, 0.5) is 5.82 Å². The van der Waals surface area contributed by atoms with E-state index in [1.54, 1.807) is 6.20 Å². The summed E-state index contributed by atoms with van der Waals surface area (Å²) in [6, 6.07) is 10.0. The third-order valence-corrected chi connectivity index (χ3v) is 4.51. The van der Waals surface area contributed by atoms with Gasteiger partial charge in [-0.2, -0.15) is 0 Å². The molecule has 0 saturated carbocycles. The van der Waals surface area contributed by atoms with E-state index in [4.69, 9.17) is 4.98 Å². The van der Waals surface area contributed by atoms with Crippen molar-refractivity contribution in [2.45, 2.75) is 26.7 Å². The minimum absolute atomic E-state index is 0.741. The van der Waals surface area contributed by atoms with Crippen LogP contribution in [0.25, 0.3) is 5.82 Å². The monoisotopic (exact) mass is 343 g/mol. The number of nitrogens with zero attached hydrogens (tertiary/aromatic N) is 5. The first-order chi connectivity index (χ1) is 12.7. The molecule has 0 aliphatic carbocycles. The molecular formula is C21H21N5. The van der Waals surface area contributed by atoms with Crippen molar-refractivity contribution in [2.24, 2.45) is 0 Å². The molecule has 0 bridgehead atoms. The molecule has 0 unspecified atom stereocenters. The van der Waals surface area contributed by atoms with E-state index in [2.05, 4.69) is 38.8 Å². The zero-order chi connectivity index (χ0) is 17.9. The maximum absolute atomic E-state index is 4.82. The molecule has 5 nitrogen and oxygen atoms in total. The van der Waals surface area contributed by atoms with Crippen molar-refractivity contribution in [1.29, 1.82) is 0 Å². The van der Waals surface area contributed by atoms with Gasteiger partial charge in [0.05, 0.1) is 0 Å². The van der Waals surface area contributed by atoms with Gasteiger partial charge < -0.3 is 4.90 Å². The molecule has 4 rings (SSSR count). The van der Waals surface area contributed by atoms with Gasteiger partial charge in [0.15, 0.2) is 0 Å². The Kier molecular flexibility index (Phi) is 4.40. The van der Waals surface area contributed by atoms with Crippen LogP contribution in [-0.2, 0) is 0 Å². The molecule has 1 saturated heterocycles. The lowest BCUT2D eigenvalue weighted by atomic mass is 10.2. The summed E-state index contributed by atoms with van der Waals surface area (Å²) in [5.41, 5.74) is 2.64. The largest absolute Gasteiger partial charge is 0.357 e. The summed E-state index contributed by atoms with van der Waals surface area (Å²) in [5.74, 6) is 9.09. The number of imidazole rings is 1. The van der Waals surface area contributed by atoms with Crippen LogP contribution in [0.2, 0.25) is 0 Å². The lowest BCUT2D eigenvalue weighted by Crippen LogP contribution is -2.19. The summed E-state index contributed by atoms with van der Waals surface area (Å²) < 4.78 is 2.00. The van der Waals surface area contributed by atoms with E-state index in [0.717, 1.165) is 47.5 Å². The fraction of sp³-hybridized carbons (Fsp3) is 0.286. The van der Waals surface area contributed by atoms with Crippen molar-refractivity contribution < 1.29 is 0 Å². The summed E-state index contributed by atoms with van der Waals surface area (Å²) in [7, 11) is 0. The molecule has 1 aliphatic heterocycles. The van der Waals surface area contributed by atoms with Crippen LogP contribution in [0.3, 0.4) is 0 Å². The Bertz CT molecular complexity index is 987. The summed E-state index contributed by atoms with van der Waals surface area (Å²) in [6.07, 6.45) is 6.21. The van der Waals surface area contributed by atoms with Gasteiger partial charge in [-0.3, -0.25) is 9.55 Å². The fourth-order valence-corrected chi connectivity index (χ4v) is 3.19. The molecule has 3 aromatic rings. The molecule has 0 N–H and O–H groups in total. The molecule has 0 amide bonds. The Balaban J connectivity index is 1.62. The van der Waals surface area contributed by atoms with E-state index in [1.165, 1.54) is 12.8 Å². The first kappa shape index (κ1) is 16.3. The third kappa shape index (κ3) is 3.45. The molecule has 1 aliphatic rings. The first-order valence-electron chi connectivity index (χ1n) is 8.92. The van der Waals surface area contributed by atoms with Crippen molar-refractivity contribution in [2.75, 3.05) is 18.0 Å². The molecule has 26 heavy (non-hydrogen) atoms. The summed E-state index contributed by atoms with van der Waals surface area (Å²) >= 11 is 0. The van der Waals surface area contributed by atoms with Crippen LogP contribution in [0, 0.1) is 25.7 Å². The lowest BCUT2D eigenvalue weighted by molar-refractivity contribution is 0.893. The number of aromatic nitrogens is 4. The van der Waals surface area contributed by atoms with Crippen LogP contribution in [-0.4, -0.2) is 32.6 Å². The summed E-state index contributed by atoms with van der Waals surface area (Å²) in [5, 5.41) is 0. The van der Waals surface area contributed by atoms with Crippen LogP contribution in [0.1, 0.15) is 35.6 Å². The van der Waals surface area contributed by atoms with Gasteiger partial charge in [0.1, 0.15) is 23.2 Å². The number of hydrogen-bond donors (Lipinski definition) is 0. The van der Waals surface area contributed by atoms with Gasteiger partial charge >= 0.3 is 0 Å². The fourth-order valence-electron chi connectivity index (χ4n) is 3.19. The minimum Gasteiger partial charge on any atom is -0.357 e. The SMILES string of the molecule is Cc1cc(C#Cc2cn(-c3cccc(N4CCCC4)n3)c(C)n2)ccn1. The van der Waals surface area contributed by atoms with Crippen LogP contribution in [0.5, 0.6) is 0 Å². The Morgan fingerprint density at radius 2 is 1.77 bits per heavy atom. The van der Waals surface area contributed by atoms with Gasteiger partial charge in [-0.05, 0) is 56.9 Å². The average molecular weight is 343 g/mol. The van der Waals surface area contributed by atoms with E-state index in [0.29, 0.717) is 0 Å². The second-order valence-corrected chi connectivity index (χ2v) is 6.53. The predicted octanol–water partition coefficient (Wildman–Crippen LogP) is 3.28. The van der Waals surface area contributed by atoms with Gasteiger partial charge in [-0.1, -0.05) is 12.0 Å². The molecule has 0 spiro atoms. The van der Waals surface area contributed by atoms with Gasteiger partial charge in [-0.25, -0.2) is 9.97 Å². The Hall–Kier alpha value is -3.13. The molecule has 5 heteroatoms. The molecule has 3 aromatic heterocycles. The van der Waals surface area contributed by atoms with Crippen LogP contribution >= 0.6 is 0 Å². The van der Waals surface area contributed by atoms with E-state index in [1.807, 2.05) is 42.8 Å². The van der Waals surface area contributed by atoms with E-state index < -0.39 is 0 Å². The van der Waals surface area contributed by atoms with Gasteiger partial charge in [-0.15, -0.1) is 0 Å². The van der Waals surface area contributed by atoms with E-state index in [9.17, 15) is 0 Å². The van der Waals surface area contributed by atoms with Crippen molar-refractivity contribution in [3.63, 3.8) is 0 Å². The Morgan fingerprint density at radius 3 is 2.58 bits per heavy atom. The zero-order valence-electron chi connectivity index (χ0n) is 15.1. The van der Waals surface area contributed by atoms with Gasteiger partial charge in [0.25, 0.3) is 0 Å². The van der Waals surface area contributed by atoms with Crippen molar-refractivity contribution >= 4 is 5.82 Å². The molecule has 130 valence electrons. The van der Waals surface area contributed by atoms with Crippen molar-refractivity contribution in [3.8, 4) is 17.7 Å². The highest BCUT2D eigenvalue weighted by Gasteiger charge is 2.14. The topological polar surface area (TPSA) is 46.8 Å². The number of aryl methyl sites for hydroxylation is 2. The van der Waals surface area contributed by atoms with E-state index in [-0.39, 0.29) is 0 Å². The van der Waals surface area contributed by atoms with Crippen molar-refractivity contribution in [1.82, 2.24) is 19.5 Å². The second kappa shape index (κ2) is 7.01. The zero-order valence-corrected chi connectivity index (χ0v) is 15.1. The van der Waals surface area contributed by atoms with Gasteiger partial charge in [0.2, 0.25) is 0 Å². The average Bonchev–Trinajstić information content (AvgIpc) is 3.30. The quantitative estimate of drug-likeness (QED) is 0.670. The normalized spacial score (nSPS) is 13.5. The molecule has 0 radical (unpaired) electrons.